The molecule has 1 aliphatic carbocycles. The molecule has 0 spiro atoms. The Balaban J connectivity index is 0.907. The summed E-state index contributed by atoms with van der Waals surface area (Å²) in [6, 6.07) is 8.74. The number of nitrogens with two attached hydrogens (primary N) is 1. The van der Waals surface area contributed by atoms with Crippen LogP contribution in [0, 0.1) is 5.41 Å². The molecule has 3 aromatic rings. The molecule has 8 amide bonds. The Labute approximate surface area is 491 Å². The molecule has 1 saturated carbocycles. The first-order chi connectivity index (χ1) is 40.8. The van der Waals surface area contributed by atoms with Crippen LogP contribution in [0.1, 0.15) is 84.1 Å². The molecular weight excluding hydrogens is 1100 g/mol. The number of carbonyl (C=O) groups excluding carboxylic acids is 8. The zero-order chi connectivity index (χ0) is 61.1. The normalized spacial score (nSPS) is 19.5. The van der Waals surface area contributed by atoms with Crippen molar-refractivity contribution in [1.29, 1.82) is 0 Å². The molecule has 85 heavy (non-hydrogen) atoms. The molecule has 3 aromatic carbocycles. The maximum atomic E-state index is 14.3. The highest BCUT2D eigenvalue weighted by Gasteiger charge is 2.53. The number of nitrogens with one attached hydrogen (secondary N) is 3. The maximum absolute atomic E-state index is 14.3. The number of ether oxygens (including phenoxy) is 7. The quantitative estimate of drug-likeness (QED) is 0.0208. The number of nitrogens with zero attached hydrogens (tertiary/aromatic N) is 4. The molecule has 454 valence electrons. The minimum atomic E-state index is -1.58. The van der Waals surface area contributed by atoms with Gasteiger partial charge in [-0.1, -0.05) is 62.6 Å². The zero-order valence-corrected chi connectivity index (χ0v) is 47.6. The molecule has 0 bridgehead atoms. The third-order valence-corrected chi connectivity index (χ3v) is 15.5. The van der Waals surface area contributed by atoms with Crippen LogP contribution in [0.4, 0.5) is 31.4 Å². The van der Waals surface area contributed by atoms with Gasteiger partial charge < -0.3 is 74.9 Å². The average molecular weight is 1180 g/mol. The molecule has 3 fully saturated rings. The first kappa shape index (κ1) is 62.0. The number of urea groups is 1. The molecule has 4 heterocycles. The number of amides is 8. The minimum Gasteiger partial charge on any atom is -0.493 e. The molecule has 2 saturated heterocycles. The van der Waals surface area contributed by atoms with E-state index in [2.05, 4.69) is 42.3 Å². The van der Waals surface area contributed by atoms with Crippen molar-refractivity contribution >= 4 is 64.9 Å². The first-order valence-electron chi connectivity index (χ1n) is 27.9. The van der Waals surface area contributed by atoms with E-state index < -0.39 is 83.7 Å². The summed E-state index contributed by atoms with van der Waals surface area (Å²) in [5.41, 5.74) is 6.12. The van der Waals surface area contributed by atoms with Gasteiger partial charge in [0.1, 0.15) is 31.3 Å². The second-order valence-corrected chi connectivity index (χ2v) is 21.1. The lowest BCUT2D eigenvalue weighted by molar-refractivity contribution is -0.167. The molecule has 8 rings (SSSR count). The van der Waals surface area contributed by atoms with E-state index >= 15 is 0 Å². The van der Waals surface area contributed by atoms with Crippen molar-refractivity contribution in [3.63, 3.8) is 0 Å². The van der Waals surface area contributed by atoms with Crippen molar-refractivity contribution in [3.05, 3.63) is 115 Å². The van der Waals surface area contributed by atoms with Gasteiger partial charge in [-0.2, -0.15) is 0 Å². The maximum Gasteiger partial charge on any atom is 0.416 e. The fourth-order valence-electron chi connectivity index (χ4n) is 10.8. The van der Waals surface area contributed by atoms with Crippen molar-refractivity contribution < 1.29 is 81.7 Å². The van der Waals surface area contributed by atoms with E-state index in [-0.39, 0.29) is 137 Å². The molecule has 1 unspecified atom stereocenters. The topological polar surface area (TPSA) is 317 Å². The second kappa shape index (κ2) is 27.5. The standard InChI is InChI=1S/C60H72N8O17/c1-7-22-83-56(75)60(19-13-20-60)55(74)64-41(14-12-21-62-57(61)76)51(70)63-38-17-15-37(16-18-38)34-85-59(78)68-43-30-49(47(80-6)28-40(43)53(72)65-31-35(3)26-44(65)54(68)73)82-25-11-9-10-24-81-48-29-42-39(27-46(48)79-5)52(71)66-32-36(4)50(69)45(66)33-67(42)58(77)84-23-8-2/h7-8,15-18,27-30,41,44-45,50,54,69,73H,1-4,9-14,19-26,31-34H2,5-6H3,(H,63,70)(H,64,74)(H3,61,62,76)/t41-,44-,45-,50?,54-/m0/s1. The number of carbonyl (C=O) groups is 8. The molecule has 7 N–H and O–H groups in total. The van der Waals surface area contributed by atoms with Crippen LogP contribution in [-0.4, -0.2) is 165 Å². The Morgan fingerprint density at radius 2 is 1.38 bits per heavy atom. The summed E-state index contributed by atoms with van der Waals surface area (Å²) < 4.78 is 40.1. The number of methoxy groups -OCH3 is 2. The monoisotopic (exact) mass is 1180 g/mol. The number of aliphatic hydroxyl groups excluding tert-OH is 2. The average Bonchev–Trinajstić information content (AvgIpc) is 1.87. The zero-order valence-electron chi connectivity index (χ0n) is 47.6. The highest BCUT2D eigenvalue weighted by molar-refractivity contribution is 6.08. The number of fused-ring (bicyclic) bond motifs is 4. The van der Waals surface area contributed by atoms with Crippen LogP contribution in [0.3, 0.4) is 0 Å². The van der Waals surface area contributed by atoms with E-state index in [4.69, 9.17) is 38.9 Å². The van der Waals surface area contributed by atoms with Crippen LogP contribution in [0.25, 0.3) is 0 Å². The van der Waals surface area contributed by atoms with E-state index in [0.29, 0.717) is 48.1 Å². The summed E-state index contributed by atoms with van der Waals surface area (Å²) in [5.74, 6) is -1.98. The van der Waals surface area contributed by atoms with E-state index in [1.165, 1.54) is 59.3 Å². The van der Waals surface area contributed by atoms with Gasteiger partial charge in [-0.15, -0.1) is 0 Å². The lowest BCUT2D eigenvalue weighted by Gasteiger charge is -2.38. The van der Waals surface area contributed by atoms with Gasteiger partial charge in [0, 0.05) is 37.5 Å². The molecular formula is C60H72N8O17. The number of esters is 1. The summed E-state index contributed by atoms with van der Waals surface area (Å²) in [7, 11) is 2.84. The van der Waals surface area contributed by atoms with Crippen molar-refractivity contribution in [1.82, 2.24) is 20.4 Å². The van der Waals surface area contributed by atoms with Gasteiger partial charge in [-0.05, 0) is 86.8 Å². The summed E-state index contributed by atoms with van der Waals surface area (Å²) in [6.07, 6.45) is 1.72. The van der Waals surface area contributed by atoms with Gasteiger partial charge in [-0.3, -0.25) is 28.9 Å². The van der Waals surface area contributed by atoms with Gasteiger partial charge in [0.15, 0.2) is 29.2 Å². The predicted molar refractivity (Wildman–Crippen MR) is 308 cm³/mol. The Morgan fingerprint density at radius 1 is 0.765 bits per heavy atom. The van der Waals surface area contributed by atoms with Crippen LogP contribution in [0.2, 0.25) is 0 Å². The lowest BCUT2D eigenvalue weighted by Crippen LogP contribution is -2.56. The molecule has 4 aliphatic heterocycles. The van der Waals surface area contributed by atoms with Gasteiger partial charge in [-0.25, -0.2) is 19.3 Å². The van der Waals surface area contributed by atoms with Gasteiger partial charge in [0.2, 0.25) is 11.8 Å². The SMILES string of the molecule is C=CCOC(=O)N1C[C@H]2C(O)C(=C)CN2C(=O)c2cc(OC)c(OCCCCCOc3cc4c(cc3OC)C(=O)N3CC(=C)C[C@H]3[C@H](O)N4C(=O)OCc3ccc(NC(=O)[C@H](CCCNC(N)=O)NC(=O)C4(C(=O)OCC=C)CCC4)cc3)cc21. The highest BCUT2D eigenvalue weighted by Crippen LogP contribution is 2.45. The number of anilines is 3. The smallest absolute Gasteiger partial charge is 0.416 e. The van der Waals surface area contributed by atoms with Gasteiger partial charge >= 0.3 is 24.2 Å². The van der Waals surface area contributed by atoms with Crippen LogP contribution >= 0.6 is 0 Å². The molecule has 25 heteroatoms. The number of rotatable bonds is 25. The van der Waals surface area contributed by atoms with E-state index in [1.54, 1.807) is 30.3 Å². The second-order valence-electron chi connectivity index (χ2n) is 21.1. The van der Waals surface area contributed by atoms with Crippen LogP contribution in [0.5, 0.6) is 23.0 Å². The number of benzene rings is 3. The minimum absolute atomic E-state index is 0.0136. The van der Waals surface area contributed by atoms with Crippen molar-refractivity contribution in [2.75, 3.05) is 81.9 Å². The number of aliphatic hydroxyl groups is 2. The fourth-order valence-corrected chi connectivity index (χ4v) is 10.8. The Kier molecular flexibility index (Phi) is 20.1. The molecule has 0 radical (unpaired) electrons. The molecule has 5 aliphatic rings. The fraction of sp³-hybridized carbons (Fsp3) is 0.433. The van der Waals surface area contributed by atoms with E-state index in [9.17, 15) is 48.6 Å². The molecule has 0 aromatic heterocycles. The number of unbranched alkanes of at least 4 members (excludes halogenated alkanes) is 2. The molecule has 25 nitrogen and oxygen atoms in total. The predicted octanol–water partition coefficient (Wildman–Crippen LogP) is 5.23. The number of hydrogen-bond donors (Lipinski definition) is 6. The van der Waals surface area contributed by atoms with Gasteiger partial charge in [0.05, 0.1) is 74.7 Å². The Bertz CT molecular complexity index is 3110. The first-order valence-corrected chi connectivity index (χ1v) is 27.9. The Morgan fingerprint density at radius 3 is 1.98 bits per heavy atom. The van der Waals surface area contributed by atoms with Crippen molar-refractivity contribution in [2.45, 2.75) is 94.9 Å². The third-order valence-electron chi connectivity index (χ3n) is 15.5. The summed E-state index contributed by atoms with van der Waals surface area (Å²) in [6.45, 7) is 15.3. The lowest BCUT2D eigenvalue weighted by atomic mass is 9.68. The Hall–Kier alpha value is -9.10. The summed E-state index contributed by atoms with van der Waals surface area (Å²) in [5, 5.41) is 30.8. The van der Waals surface area contributed by atoms with E-state index in [0.717, 1.165) is 4.90 Å². The summed E-state index contributed by atoms with van der Waals surface area (Å²) in [4.78, 5) is 113. The van der Waals surface area contributed by atoms with Gasteiger partial charge in [0.25, 0.3) is 11.8 Å². The van der Waals surface area contributed by atoms with Crippen molar-refractivity contribution in [3.8, 4) is 23.0 Å². The third kappa shape index (κ3) is 13.6. The van der Waals surface area contributed by atoms with Crippen molar-refractivity contribution in [2.24, 2.45) is 11.1 Å². The summed E-state index contributed by atoms with van der Waals surface area (Å²) >= 11 is 0. The van der Waals surface area contributed by atoms with Crippen LogP contribution in [-0.2, 0) is 35.2 Å². The number of primary amides is 1. The largest absolute Gasteiger partial charge is 0.493 e. The molecule has 5 atom stereocenters. The van der Waals surface area contributed by atoms with Crippen LogP contribution < -0.4 is 50.4 Å². The van der Waals surface area contributed by atoms with Crippen LogP contribution in [0.15, 0.2) is 98.1 Å². The number of hydrogen-bond acceptors (Lipinski definition) is 17. The highest BCUT2D eigenvalue weighted by atomic mass is 16.6. The van der Waals surface area contributed by atoms with E-state index in [1.807, 2.05) is 0 Å².